The summed E-state index contributed by atoms with van der Waals surface area (Å²) in [5, 5.41) is 9.68. The molecule has 0 bridgehead atoms. The van der Waals surface area contributed by atoms with Crippen LogP contribution < -0.4 is 0 Å². The molecular weight excluding hydrogens is 286 g/mol. The van der Waals surface area contributed by atoms with Crippen molar-refractivity contribution >= 4 is 16.8 Å². The Kier molecular flexibility index (Phi) is 4.03. The fourth-order valence-electron chi connectivity index (χ4n) is 2.52. The number of hydrogen-bond acceptors (Lipinski definition) is 3. The van der Waals surface area contributed by atoms with Gasteiger partial charge in [0.1, 0.15) is 0 Å². The third kappa shape index (κ3) is 3.04. The van der Waals surface area contributed by atoms with Crippen LogP contribution in [-0.2, 0) is 6.54 Å². The van der Waals surface area contributed by atoms with Gasteiger partial charge < -0.3 is 4.90 Å². The van der Waals surface area contributed by atoms with Crippen LogP contribution in [0.5, 0.6) is 0 Å². The van der Waals surface area contributed by atoms with Crippen molar-refractivity contribution in [1.29, 1.82) is 5.26 Å². The van der Waals surface area contributed by atoms with E-state index in [0.717, 1.165) is 16.5 Å². The maximum atomic E-state index is 12.7. The zero-order valence-corrected chi connectivity index (χ0v) is 12.7. The van der Waals surface area contributed by atoms with E-state index < -0.39 is 0 Å². The number of aromatic nitrogens is 1. The van der Waals surface area contributed by atoms with Gasteiger partial charge in [0, 0.05) is 25.2 Å². The Hall–Kier alpha value is -3.19. The summed E-state index contributed by atoms with van der Waals surface area (Å²) in [6.45, 7) is 0.487. The highest BCUT2D eigenvalue weighted by Crippen LogP contribution is 2.18. The van der Waals surface area contributed by atoms with Crippen LogP contribution in [0.3, 0.4) is 0 Å². The van der Waals surface area contributed by atoms with Crippen molar-refractivity contribution in [2.45, 2.75) is 6.54 Å². The van der Waals surface area contributed by atoms with E-state index in [-0.39, 0.29) is 5.91 Å². The first kappa shape index (κ1) is 14.7. The molecule has 3 rings (SSSR count). The van der Waals surface area contributed by atoms with Crippen LogP contribution in [0.15, 0.2) is 60.8 Å². The molecule has 2 aromatic carbocycles. The summed E-state index contributed by atoms with van der Waals surface area (Å²) in [7, 11) is 1.77. The quantitative estimate of drug-likeness (QED) is 0.745. The summed E-state index contributed by atoms with van der Waals surface area (Å²) in [6, 6.07) is 18.7. The molecule has 1 amide bonds. The Labute approximate surface area is 134 Å². The maximum Gasteiger partial charge on any atom is 0.254 e. The molecule has 4 nitrogen and oxygen atoms in total. The fraction of sp³-hybridized carbons (Fsp3) is 0.105. The summed E-state index contributed by atoms with van der Waals surface area (Å²) >= 11 is 0. The molecule has 0 atom stereocenters. The molecule has 0 spiro atoms. The van der Waals surface area contributed by atoms with Gasteiger partial charge in [-0.1, -0.05) is 30.3 Å². The number of nitriles is 1. The lowest BCUT2D eigenvalue weighted by atomic mass is 10.1. The summed E-state index contributed by atoms with van der Waals surface area (Å²) in [4.78, 5) is 18.7. The van der Waals surface area contributed by atoms with Gasteiger partial charge in [0.25, 0.3) is 5.91 Å². The van der Waals surface area contributed by atoms with E-state index in [1.165, 1.54) is 0 Å². The molecule has 0 aliphatic carbocycles. The molecule has 23 heavy (non-hydrogen) atoms. The number of carbonyl (C=O) groups is 1. The predicted molar refractivity (Wildman–Crippen MR) is 88.7 cm³/mol. The number of pyridine rings is 1. The van der Waals surface area contributed by atoms with Crippen LogP contribution in [0.1, 0.15) is 21.5 Å². The van der Waals surface area contributed by atoms with Gasteiger partial charge in [-0.15, -0.1) is 0 Å². The molecule has 3 aromatic rings. The molecule has 4 heteroatoms. The van der Waals surface area contributed by atoms with Crippen LogP contribution >= 0.6 is 0 Å². The normalized spacial score (nSPS) is 10.3. The first-order chi connectivity index (χ1) is 11.2. The lowest BCUT2D eigenvalue weighted by molar-refractivity contribution is 0.0787. The molecule has 0 aliphatic heterocycles. The Morgan fingerprint density at radius 2 is 1.87 bits per heavy atom. The second-order valence-corrected chi connectivity index (χ2v) is 5.35. The highest BCUT2D eigenvalue weighted by Gasteiger charge is 2.15. The minimum atomic E-state index is -0.0482. The van der Waals surface area contributed by atoms with Gasteiger partial charge in [0.2, 0.25) is 0 Å². The van der Waals surface area contributed by atoms with Crippen LogP contribution in [0.4, 0.5) is 0 Å². The summed E-state index contributed by atoms with van der Waals surface area (Å²) in [6.07, 6.45) is 1.66. The van der Waals surface area contributed by atoms with Gasteiger partial charge in [-0.2, -0.15) is 5.26 Å². The average Bonchev–Trinajstić information content (AvgIpc) is 2.61. The molecule has 1 aromatic heterocycles. The third-order valence-electron chi connectivity index (χ3n) is 3.73. The Morgan fingerprint density at radius 1 is 1.13 bits per heavy atom. The van der Waals surface area contributed by atoms with Crippen molar-refractivity contribution in [3.63, 3.8) is 0 Å². The number of fused-ring (bicyclic) bond motifs is 1. The first-order valence-electron chi connectivity index (χ1n) is 7.27. The topological polar surface area (TPSA) is 57.0 Å². The number of para-hydroxylation sites is 1. The summed E-state index contributed by atoms with van der Waals surface area (Å²) in [5.41, 5.74) is 3.05. The van der Waals surface area contributed by atoms with E-state index in [1.807, 2.05) is 36.4 Å². The van der Waals surface area contributed by atoms with Crippen molar-refractivity contribution < 1.29 is 4.79 Å². The molecule has 0 saturated heterocycles. The second kappa shape index (κ2) is 6.29. The second-order valence-electron chi connectivity index (χ2n) is 5.35. The van der Waals surface area contributed by atoms with Crippen LogP contribution in [0.2, 0.25) is 0 Å². The fourth-order valence-corrected chi connectivity index (χ4v) is 2.52. The number of benzene rings is 2. The van der Waals surface area contributed by atoms with Crippen molar-refractivity contribution in [3.8, 4) is 6.07 Å². The highest BCUT2D eigenvalue weighted by molar-refractivity contribution is 6.05. The number of carbonyl (C=O) groups excluding carboxylic acids is 1. The van der Waals surface area contributed by atoms with E-state index in [2.05, 4.69) is 11.1 Å². The molecule has 0 fully saturated rings. The third-order valence-corrected chi connectivity index (χ3v) is 3.73. The summed E-state index contributed by atoms with van der Waals surface area (Å²) < 4.78 is 0. The molecule has 0 aliphatic rings. The summed E-state index contributed by atoms with van der Waals surface area (Å²) in [5.74, 6) is -0.0482. The SMILES string of the molecule is CN(Cc1ccc(C#N)cc1)C(=O)c1ccnc2ccccc12. The van der Waals surface area contributed by atoms with Gasteiger partial charge >= 0.3 is 0 Å². The molecule has 112 valence electrons. The highest BCUT2D eigenvalue weighted by atomic mass is 16.2. The van der Waals surface area contributed by atoms with Gasteiger partial charge in [-0.05, 0) is 29.8 Å². The molecule has 1 heterocycles. The van der Waals surface area contributed by atoms with Gasteiger partial charge in [-0.3, -0.25) is 9.78 Å². The maximum absolute atomic E-state index is 12.7. The molecular formula is C19H15N3O. The predicted octanol–water partition coefficient (Wildman–Crippen LogP) is 3.38. The van der Waals surface area contributed by atoms with E-state index in [1.54, 1.807) is 36.3 Å². The van der Waals surface area contributed by atoms with Crippen molar-refractivity contribution in [3.05, 3.63) is 77.5 Å². The lowest BCUT2D eigenvalue weighted by Gasteiger charge is -2.18. The molecule has 0 N–H and O–H groups in total. The number of amides is 1. The molecule has 0 unspecified atom stereocenters. The minimum Gasteiger partial charge on any atom is -0.337 e. The van der Waals surface area contributed by atoms with Crippen LogP contribution in [-0.4, -0.2) is 22.8 Å². The Balaban J connectivity index is 1.85. The van der Waals surface area contributed by atoms with Crippen molar-refractivity contribution in [2.75, 3.05) is 7.05 Å². The zero-order valence-electron chi connectivity index (χ0n) is 12.7. The minimum absolute atomic E-state index is 0.0482. The van der Waals surface area contributed by atoms with E-state index in [0.29, 0.717) is 17.7 Å². The first-order valence-corrected chi connectivity index (χ1v) is 7.27. The standard InChI is InChI=1S/C19H15N3O/c1-22(13-15-8-6-14(12-20)7-9-15)19(23)17-10-11-21-18-5-3-2-4-16(17)18/h2-11H,13H2,1H3. The van der Waals surface area contributed by atoms with Crippen LogP contribution in [0.25, 0.3) is 10.9 Å². The molecule has 0 radical (unpaired) electrons. The van der Waals surface area contributed by atoms with Crippen molar-refractivity contribution in [1.82, 2.24) is 9.88 Å². The number of rotatable bonds is 3. The number of nitrogens with zero attached hydrogens (tertiary/aromatic N) is 3. The van der Waals surface area contributed by atoms with Gasteiger partial charge in [-0.25, -0.2) is 0 Å². The van der Waals surface area contributed by atoms with E-state index >= 15 is 0 Å². The average molecular weight is 301 g/mol. The monoisotopic (exact) mass is 301 g/mol. The van der Waals surface area contributed by atoms with Gasteiger partial charge in [0.05, 0.1) is 22.7 Å². The Morgan fingerprint density at radius 3 is 2.61 bits per heavy atom. The zero-order chi connectivity index (χ0) is 16.2. The smallest absolute Gasteiger partial charge is 0.254 e. The van der Waals surface area contributed by atoms with Gasteiger partial charge in [0.15, 0.2) is 0 Å². The largest absolute Gasteiger partial charge is 0.337 e. The van der Waals surface area contributed by atoms with Crippen LogP contribution in [0, 0.1) is 11.3 Å². The Bertz CT molecular complexity index is 889. The van der Waals surface area contributed by atoms with E-state index in [4.69, 9.17) is 5.26 Å². The number of hydrogen-bond donors (Lipinski definition) is 0. The van der Waals surface area contributed by atoms with E-state index in [9.17, 15) is 4.79 Å². The molecule has 0 saturated carbocycles. The van der Waals surface area contributed by atoms with Crippen molar-refractivity contribution in [2.24, 2.45) is 0 Å². The lowest BCUT2D eigenvalue weighted by Crippen LogP contribution is -2.26.